The minimum absolute atomic E-state index is 0.0581. The number of halogens is 2. The van der Waals surface area contributed by atoms with E-state index < -0.39 is 34.7 Å². The lowest BCUT2D eigenvalue weighted by molar-refractivity contribution is -0.116. The van der Waals surface area contributed by atoms with E-state index in [1.54, 1.807) is 93.3 Å². The molecule has 3 aromatic carbocycles. The normalized spacial score (nSPS) is 13.3. The molecule has 2 heterocycles. The van der Waals surface area contributed by atoms with Crippen LogP contribution >= 0.6 is 46.3 Å². The van der Waals surface area contributed by atoms with Crippen molar-refractivity contribution in [3.8, 4) is 0 Å². The van der Waals surface area contributed by atoms with E-state index in [1.165, 1.54) is 35.2 Å². The predicted molar refractivity (Wildman–Crippen MR) is 223 cm³/mol. The van der Waals surface area contributed by atoms with Gasteiger partial charge in [0.15, 0.2) is 0 Å². The third-order valence-corrected chi connectivity index (χ3v) is 11.3. The van der Waals surface area contributed by atoms with E-state index in [-0.39, 0.29) is 24.8 Å². The molecule has 1 atom stereocenters. The number of anilines is 2. The zero-order valence-corrected chi connectivity index (χ0v) is 34.6. The molecule has 56 heavy (non-hydrogen) atoms. The zero-order chi connectivity index (χ0) is 40.6. The third-order valence-electron chi connectivity index (χ3n) is 8.25. The Morgan fingerprint density at radius 1 is 0.964 bits per heavy atom. The molecule has 0 saturated heterocycles. The van der Waals surface area contributed by atoms with Gasteiger partial charge in [0.1, 0.15) is 16.3 Å². The van der Waals surface area contributed by atoms with Crippen molar-refractivity contribution in [2.75, 3.05) is 23.8 Å². The lowest BCUT2D eigenvalue weighted by atomic mass is 10.0. The Morgan fingerprint density at radius 2 is 1.71 bits per heavy atom. The number of fused-ring (bicyclic) bond motifs is 1. The monoisotopic (exact) mass is 836 g/mol. The zero-order valence-electron chi connectivity index (χ0n) is 31.5. The van der Waals surface area contributed by atoms with E-state index >= 15 is 0 Å². The van der Waals surface area contributed by atoms with Gasteiger partial charge in [0.05, 0.1) is 24.0 Å². The molecule has 1 aliphatic rings. The molecule has 1 aliphatic heterocycles. The topological polar surface area (TPSA) is 143 Å². The predicted octanol–water partition coefficient (Wildman–Crippen LogP) is 9.44. The summed E-state index contributed by atoms with van der Waals surface area (Å²) in [7, 11) is 0. The number of hydrogen-bond acceptors (Lipinski definition) is 9. The summed E-state index contributed by atoms with van der Waals surface area (Å²) in [6, 6.07) is 20.3. The number of esters is 1. The molecule has 11 nitrogen and oxygen atoms in total. The minimum atomic E-state index is -0.660. The van der Waals surface area contributed by atoms with E-state index in [4.69, 9.17) is 32.7 Å². The van der Waals surface area contributed by atoms with Gasteiger partial charge in [-0.05, 0) is 100 Å². The first-order valence-corrected chi connectivity index (χ1v) is 20.3. The quantitative estimate of drug-likeness (QED) is 0.0728. The summed E-state index contributed by atoms with van der Waals surface area (Å²) in [5.41, 5.74) is 1.58. The number of thioether (sulfide) groups is 1. The van der Waals surface area contributed by atoms with Crippen LogP contribution in [0.4, 0.5) is 15.5 Å². The lowest BCUT2D eigenvalue weighted by Gasteiger charge is -2.30. The maximum absolute atomic E-state index is 13.8. The molecule has 0 aliphatic carbocycles. The molecule has 0 saturated carbocycles. The van der Waals surface area contributed by atoms with Crippen molar-refractivity contribution >= 4 is 92.8 Å². The summed E-state index contributed by atoms with van der Waals surface area (Å²) in [6.45, 7) is 9.74. The molecule has 3 N–H and O–H groups in total. The maximum atomic E-state index is 13.8. The number of carbonyl (C=O) groups is 5. The number of ether oxygens (including phenoxy) is 2. The Kier molecular flexibility index (Phi) is 14.3. The molecule has 4 aromatic rings. The molecule has 5 rings (SSSR count). The van der Waals surface area contributed by atoms with E-state index in [2.05, 4.69) is 16.0 Å². The van der Waals surface area contributed by atoms with E-state index in [1.807, 2.05) is 13.0 Å². The molecule has 1 unspecified atom stereocenters. The average Bonchev–Trinajstić information content (AvgIpc) is 3.51. The molecule has 0 bridgehead atoms. The van der Waals surface area contributed by atoms with Gasteiger partial charge in [-0.15, -0.1) is 23.1 Å². The van der Waals surface area contributed by atoms with Crippen molar-refractivity contribution in [1.29, 1.82) is 0 Å². The fourth-order valence-electron chi connectivity index (χ4n) is 5.63. The minimum Gasteiger partial charge on any atom is -0.462 e. The number of thiophene rings is 1. The molecule has 15 heteroatoms. The average molecular weight is 838 g/mol. The number of rotatable bonds is 12. The van der Waals surface area contributed by atoms with Gasteiger partial charge in [-0.25, -0.2) is 9.59 Å². The number of nitrogens with zero attached hydrogens (tertiary/aromatic N) is 1. The number of amides is 4. The van der Waals surface area contributed by atoms with Crippen LogP contribution in [0.15, 0.2) is 83.4 Å². The third kappa shape index (κ3) is 11.2. The highest BCUT2D eigenvalue weighted by Crippen LogP contribution is 2.39. The Bertz CT molecular complexity index is 2150. The first kappa shape index (κ1) is 42.3. The summed E-state index contributed by atoms with van der Waals surface area (Å²) in [6.07, 6.45) is 1.86. The second-order valence-corrected chi connectivity index (χ2v) is 16.8. The van der Waals surface area contributed by atoms with Gasteiger partial charge in [-0.1, -0.05) is 60.5 Å². The Morgan fingerprint density at radius 3 is 2.39 bits per heavy atom. The second kappa shape index (κ2) is 18.9. The van der Waals surface area contributed by atoms with Gasteiger partial charge in [-0.2, -0.15) is 0 Å². The smallest absolute Gasteiger partial charge is 0.410 e. The van der Waals surface area contributed by atoms with Crippen molar-refractivity contribution in [3.63, 3.8) is 0 Å². The first-order chi connectivity index (χ1) is 26.6. The van der Waals surface area contributed by atoms with Crippen LogP contribution in [0.2, 0.25) is 10.0 Å². The first-order valence-electron chi connectivity index (χ1n) is 17.9. The van der Waals surface area contributed by atoms with Gasteiger partial charge in [0.25, 0.3) is 11.8 Å². The van der Waals surface area contributed by atoms with Crippen molar-refractivity contribution in [3.05, 3.63) is 116 Å². The highest BCUT2D eigenvalue weighted by molar-refractivity contribution is 8.00. The van der Waals surface area contributed by atoms with Gasteiger partial charge < -0.3 is 30.3 Å². The lowest BCUT2D eigenvalue weighted by Crippen LogP contribution is -2.39. The maximum Gasteiger partial charge on any atom is 0.410 e. The fourth-order valence-corrected chi connectivity index (χ4v) is 8.36. The number of carbonyl (C=O) groups excluding carboxylic acids is 5. The van der Waals surface area contributed by atoms with Crippen molar-refractivity contribution in [2.24, 2.45) is 0 Å². The summed E-state index contributed by atoms with van der Waals surface area (Å²) >= 11 is 15.0. The number of hydrogen-bond donors (Lipinski definition) is 3. The fraction of sp³-hybridized carbons (Fsp3) is 0.293. The molecule has 4 amide bonds. The van der Waals surface area contributed by atoms with Gasteiger partial charge in [0.2, 0.25) is 5.91 Å². The van der Waals surface area contributed by atoms with Crippen molar-refractivity contribution < 1.29 is 33.4 Å². The molecule has 294 valence electrons. The van der Waals surface area contributed by atoms with Crippen LogP contribution in [-0.2, 0) is 32.0 Å². The van der Waals surface area contributed by atoms with Crippen molar-refractivity contribution in [1.82, 2.24) is 10.2 Å². The Balaban J connectivity index is 1.33. The number of nitrogens with one attached hydrogen (secondary N) is 3. The molecular weight excluding hydrogens is 796 g/mol. The van der Waals surface area contributed by atoms with Crippen LogP contribution < -0.4 is 16.0 Å². The second-order valence-electron chi connectivity index (χ2n) is 13.6. The van der Waals surface area contributed by atoms with Crippen molar-refractivity contribution in [2.45, 2.75) is 69.8 Å². The van der Waals surface area contributed by atoms with Gasteiger partial charge >= 0.3 is 12.1 Å². The van der Waals surface area contributed by atoms with Crippen LogP contribution in [0.25, 0.3) is 6.08 Å². The van der Waals surface area contributed by atoms with E-state index in [9.17, 15) is 24.0 Å². The largest absolute Gasteiger partial charge is 0.462 e. The van der Waals surface area contributed by atoms with Crippen LogP contribution in [0.1, 0.15) is 77.8 Å². The molecular formula is C41H42Cl2N4O7S2. The van der Waals surface area contributed by atoms with Crippen LogP contribution in [-0.4, -0.2) is 58.7 Å². The SMILES string of the molecule is CCOC(=O)c1c(NC(=O)C(CC)Sc2cccc(NC(=O)/C(=C\c3ccc(Cl)cc3Cl)NC(=O)c3ccccc3)c2)sc2c1CCN(C(=O)OC(C)(C)C)C2. The van der Waals surface area contributed by atoms with E-state index in [0.717, 1.165) is 10.4 Å². The summed E-state index contributed by atoms with van der Waals surface area (Å²) in [5.74, 6) is -1.96. The molecule has 0 fully saturated rings. The van der Waals surface area contributed by atoms with Crippen LogP contribution in [0.3, 0.4) is 0 Å². The van der Waals surface area contributed by atoms with Crippen LogP contribution in [0, 0.1) is 0 Å². The Hall–Kier alpha value is -4.82. The van der Waals surface area contributed by atoms with Crippen LogP contribution in [0.5, 0.6) is 0 Å². The highest BCUT2D eigenvalue weighted by atomic mass is 35.5. The molecule has 0 radical (unpaired) electrons. The summed E-state index contributed by atoms with van der Waals surface area (Å²) in [5, 5.41) is 9.00. The standard InChI is InChI=1S/C41H42Cl2N4O7S2/c1-6-32(37(50)46-38-34(39(51)53-7-2)29-18-19-47(23-33(29)56-38)40(52)54-41(3,4)5)55-28-15-11-14-27(22-28)44-36(49)31(20-25-16-17-26(42)21-30(25)43)45-35(48)24-12-9-8-10-13-24/h8-17,20-22,32H,6-7,18-19,23H2,1-5H3,(H,44,49)(H,45,48)(H,46,50)/b31-20+. The Labute approximate surface area is 344 Å². The number of benzene rings is 3. The molecule has 1 aromatic heterocycles. The van der Waals surface area contributed by atoms with Gasteiger partial charge in [-0.3, -0.25) is 14.4 Å². The summed E-state index contributed by atoms with van der Waals surface area (Å²) in [4.78, 5) is 69.7. The van der Waals surface area contributed by atoms with Gasteiger partial charge in [0, 0.05) is 37.6 Å². The summed E-state index contributed by atoms with van der Waals surface area (Å²) < 4.78 is 10.9. The molecule has 0 spiro atoms. The highest BCUT2D eigenvalue weighted by Gasteiger charge is 2.33. The van der Waals surface area contributed by atoms with E-state index in [0.29, 0.717) is 61.7 Å².